The molecule has 2 aromatic carbocycles. The number of thioether (sulfide) groups is 1. The fourth-order valence-corrected chi connectivity index (χ4v) is 4.04. The van der Waals surface area contributed by atoms with Gasteiger partial charge in [0.25, 0.3) is 0 Å². The summed E-state index contributed by atoms with van der Waals surface area (Å²) in [6, 6.07) is 14.5. The molecule has 1 aliphatic rings. The van der Waals surface area contributed by atoms with E-state index in [0.29, 0.717) is 17.8 Å². The number of anilines is 3. The number of amides is 3. The van der Waals surface area contributed by atoms with Crippen LogP contribution in [-0.4, -0.2) is 29.5 Å². The average molecular weight is 383 g/mol. The van der Waals surface area contributed by atoms with Gasteiger partial charge in [-0.25, -0.2) is 0 Å². The fraction of sp³-hybridized carbons (Fsp3) is 0.250. The van der Waals surface area contributed by atoms with Crippen LogP contribution in [0.4, 0.5) is 17.1 Å². The van der Waals surface area contributed by atoms with Gasteiger partial charge in [0.05, 0.1) is 5.69 Å². The van der Waals surface area contributed by atoms with E-state index in [1.165, 1.54) is 6.92 Å². The number of hydrogen-bond donors (Lipinski definition) is 2. The normalized spacial score (nSPS) is 16.3. The van der Waals surface area contributed by atoms with Crippen molar-refractivity contribution in [2.24, 2.45) is 0 Å². The fourth-order valence-electron chi connectivity index (χ4n) is 2.92. The average Bonchev–Trinajstić information content (AvgIpc) is 2.70. The molecular formula is C20H21N3O3S. The highest BCUT2D eigenvalue weighted by Gasteiger charge is 2.27. The summed E-state index contributed by atoms with van der Waals surface area (Å²) in [6.45, 7) is 3.37. The number of hydrogen-bond acceptors (Lipinski definition) is 4. The van der Waals surface area contributed by atoms with Gasteiger partial charge in [-0.2, -0.15) is 0 Å². The summed E-state index contributed by atoms with van der Waals surface area (Å²) in [7, 11) is 0. The van der Waals surface area contributed by atoms with Crippen molar-refractivity contribution in [2.75, 3.05) is 22.1 Å². The molecule has 3 rings (SSSR count). The van der Waals surface area contributed by atoms with E-state index in [0.717, 1.165) is 10.6 Å². The molecule has 2 N–H and O–H groups in total. The van der Waals surface area contributed by atoms with Gasteiger partial charge in [-0.15, -0.1) is 11.8 Å². The molecular weight excluding hydrogens is 362 g/mol. The summed E-state index contributed by atoms with van der Waals surface area (Å²) in [5, 5.41) is 5.62. The molecule has 1 heterocycles. The van der Waals surface area contributed by atoms with E-state index in [2.05, 4.69) is 10.6 Å². The zero-order valence-corrected chi connectivity index (χ0v) is 16.0. The van der Waals surface area contributed by atoms with Gasteiger partial charge in [0.2, 0.25) is 17.7 Å². The number of carbonyl (C=O) groups is 3. The Kier molecular flexibility index (Phi) is 5.81. The molecule has 0 unspecified atom stereocenters. The second-order valence-electron chi connectivity index (χ2n) is 6.39. The zero-order chi connectivity index (χ0) is 19.4. The highest BCUT2D eigenvalue weighted by atomic mass is 32.2. The number of nitrogens with zero attached hydrogens (tertiary/aromatic N) is 1. The Balaban J connectivity index is 1.75. The van der Waals surface area contributed by atoms with E-state index in [9.17, 15) is 14.4 Å². The number of para-hydroxylation sites is 1. The largest absolute Gasteiger partial charge is 0.326 e. The van der Waals surface area contributed by atoms with Crippen molar-refractivity contribution in [1.29, 1.82) is 0 Å². The minimum absolute atomic E-state index is 0.0620. The molecule has 0 bridgehead atoms. The van der Waals surface area contributed by atoms with Gasteiger partial charge in [0, 0.05) is 34.9 Å². The van der Waals surface area contributed by atoms with E-state index in [4.69, 9.17) is 0 Å². The van der Waals surface area contributed by atoms with Crippen LogP contribution in [0.15, 0.2) is 53.4 Å². The summed E-state index contributed by atoms with van der Waals surface area (Å²) in [5.74, 6) is -0.545. The lowest BCUT2D eigenvalue weighted by Gasteiger charge is -2.22. The van der Waals surface area contributed by atoms with Crippen molar-refractivity contribution in [2.45, 2.75) is 30.4 Å². The molecule has 3 amide bonds. The van der Waals surface area contributed by atoms with Crippen molar-refractivity contribution < 1.29 is 14.4 Å². The first-order valence-corrected chi connectivity index (χ1v) is 9.54. The molecule has 0 saturated heterocycles. The van der Waals surface area contributed by atoms with E-state index in [1.54, 1.807) is 40.9 Å². The van der Waals surface area contributed by atoms with Crippen LogP contribution in [0.5, 0.6) is 0 Å². The second kappa shape index (κ2) is 8.26. The number of fused-ring (bicyclic) bond motifs is 1. The van der Waals surface area contributed by atoms with Crippen molar-refractivity contribution in [3.8, 4) is 0 Å². The molecule has 0 saturated carbocycles. The molecule has 6 nitrogen and oxygen atoms in total. The van der Waals surface area contributed by atoms with Crippen LogP contribution in [-0.2, 0) is 14.4 Å². The Morgan fingerprint density at radius 3 is 2.56 bits per heavy atom. The van der Waals surface area contributed by atoms with E-state index < -0.39 is 0 Å². The predicted octanol–water partition coefficient (Wildman–Crippen LogP) is 3.50. The SMILES string of the molecule is CC(=O)Nc1cccc(NC(=O)CN2C(=O)C[C@H](C)Sc3ccccc32)c1. The van der Waals surface area contributed by atoms with E-state index in [1.807, 2.05) is 31.2 Å². The number of carbonyl (C=O) groups excluding carboxylic acids is 3. The summed E-state index contributed by atoms with van der Waals surface area (Å²) in [4.78, 5) is 38.9. The van der Waals surface area contributed by atoms with Gasteiger partial charge < -0.3 is 15.5 Å². The highest BCUT2D eigenvalue weighted by Crippen LogP contribution is 2.37. The standard InChI is InChI=1S/C20H21N3O3S/c1-13-10-20(26)23(17-8-3-4-9-18(17)27-13)12-19(25)22-16-7-5-6-15(11-16)21-14(2)24/h3-9,11,13H,10,12H2,1-2H3,(H,21,24)(H,22,25)/t13-/m0/s1. The molecule has 0 radical (unpaired) electrons. The maximum absolute atomic E-state index is 12.6. The minimum atomic E-state index is -0.294. The monoisotopic (exact) mass is 383 g/mol. The van der Waals surface area contributed by atoms with Crippen molar-refractivity contribution in [1.82, 2.24) is 0 Å². The molecule has 27 heavy (non-hydrogen) atoms. The third kappa shape index (κ3) is 4.89. The minimum Gasteiger partial charge on any atom is -0.326 e. The lowest BCUT2D eigenvalue weighted by molar-refractivity contribution is -0.121. The molecule has 0 aromatic heterocycles. The lowest BCUT2D eigenvalue weighted by Crippen LogP contribution is -2.38. The molecule has 0 fully saturated rings. The number of benzene rings is 2. The second-order valence-corrected chi connectivity index (χ2v) is 7.87. The first kappa shape index (κ1) is 19.0. The summed E-state index contributed by atoms with van der Waals surface area (Å²) < 4.78 is 0. The molecule has 1 atom stereocenters. The molecule has 0 aliphatic carbocycles. The topological polar surface area (TPSA) is 78.5 Å². The number of rotatable bonds is 4. The smallest absolute Gasteiger partial charge is 0.244 e. The summed E-state index contributed by atoms with van der Waals surface area (Å²) in [5.41, 5.74) is 1.92. The Morgan fingerprint density at radius 2 is 1.81 bits per heavy atom. The predicted molar refractivity (Wildman–Crippen MR) is 108 cm³/mol. The number of nitrogens with one attached hydrogen (secondary N) is 2. The molecule has 7 heteroatoms. The summed E-state index contributed by atoms with van der Waals surface area (Å²) >= 11 is 1.64. The Morgan fingerprint density at radius 1 is 1.11 bits per heavy atom. The third-order valence-corrected chi connectivity index (χ3v) is 5.18. The van der Waals surface area contributed by atoms with Crippen LogP contribution >= 0.6 is 11.8 Å². The van der Waals surface area contributed by atoms with Crippen LogP contribution in [0.2, 0.25) is 0 Å². The molecule has 0 spiro atoms. The van der Waals surface area contributed by atoms with E-state index in [-0.39, 0.29) is 29.5 Å². The van der Waals surface area contributed by atoms with Gasteiger partial charge in [0.15, 0.2) is 0 Å². The van der Waals surface area contributed by atoms with Crippen LogP contribution in [0, 0.1) is 0 Å². The first-order chi connectivity index (χ1) is 12.9. The lowest BCUT2D eigenvalue weighted by atomic mass is 10.2. The third-order valence-electron chi connectivity index (χ3n) is 4.02. The maximum atomic E-state index is 12.6. The van der Waals surface area contributed by atoms with Gasteiger partial charge in [-0.3, -0.25) is 14.4 Å². The Hall–Kier alpha value is -2.80. The molecule has 140 valence electrons. The van der Waals surface area contributed by atoms with Crippen LogP contribution in [0.3, 0.4) is 0 Å². The molecule has 2 aromatic rings. The van der Waals surface area contributed by atoms with Gasteiger partial charge in [-0.05, 0) is 30.3 Å². The van der Waals surface area contributed by atoms with E-state index >= 15 is 0 Å². The van der Waals surface area contributed by atoms with Crippen molar-refractivity contribution in [3.05, 3.63) is 48.5 Å². The van der Waals surface area contributed by atoms with Crippen molar-refractivity contribution in [3.63, 3.8) is 0 Å². The van der Waals surface area contributed by atoms with Gasteiger partial charge in [0.1, 0.15) is 6.54 Å². The Labute approximate surface area is 162 Å². The highest BCUT2D eigenvalue weighted by molar-refractivity contribution is 8.00. The van der Waals surface area contributed by atoms with Gasteiger partial charge >= 0.3 is 0 Å². The first-order valence-electron chi connectivity index (χ1n) is 8.66. The quantitative estimate of drug-likeness (QED) is 0.847. The zero-order valence-electron chi connectivity index (χ0n) is 15.2. The van der Waals surface area contributed by atoms with Crippen LogP contribution < -0.4 is 15.5 Å². The van der Waals surface area contributed by atoms with Crippen molar-refractivity contribution >= 4 is 46.5 Å². The van der Waals surface area contributed by atoms with Crippen LogP contribution in [0.25, 0.3) is 0 Å². The summed E-state index contributed by atoms with van der Waals surface area (Å²) in [6.07, 6.45) is 0.380. The Bertz CT molecular complexity index is 884. The molecule has 1 aliphatic heterocycles. The maximum Gasteiger partial charge on any atom is 0.244 e. The van der Waals surface area contributed by atoms with Gasteiger partial charge in [-0.1, -0.05) is 25.1 Å². The van der Waals surface area contributed by atoms with Crippen LogP contribution in [0.1, 0.15) is 20.3 Å².